The highest BCUT2D eigenvalue weighted by molar-refractivity contribution is 9.10. The second-order valence-electron chi connectivity index (χ2n) is 4.73. The summed E-state index contributed by atoms with van der Waals surface area (Å²) in [5.74, 6) is 1.66. The zero-order chi connectivity index (χ0) is 14.2. The third-order valence-electron chi connectivity index (χ3n) is 3.31. The number of halogens is 1. The number of hydrogen-bond acceptors (Lipinski definition) is 6. The lowest BCUT2D eigenvalue weighted by molar-refractivity contribution is 0.166. The minimum atomic E-state index is -0.672. The first-order valence-corrected chi connectivity index (χ1v) is 6.96. The Morgan fingerprint density at radius 3 is 2.95 bits per heavy atom. The molecule has 6 nitrogen and oxygen atoms in total. The van der Waals surface area contributed by atoms with Crippen LogP contribution in [0.3, 0.4) is 0 Å². The van der Waals surface area contributed by atoms with Crippen LogP contribution in [-0.4, -0.2) is 30.5 Å². The van der Waals surface area contributed by atoms with E-state index in [1.807, 2.05) is 18.2 Å². The van der Waals surface area contributed by atoms with Crippen LogP contribution >= 0.6 is 15.9 Å². The lowest BCUT2D eigenvalue weighted by Gasteiger charge is -2.15. The molecule has 20 heavy (non-hydrogen) atoms. The Morgan fingerprint density at radius 2 is 2.30 bits per heavy atom. The van der Waals surface area contributed by atoms with Crippen molar-refractivity contribution in [2.24, 2.45) is 5.73 Å². The second-order valence-corrected chi connectivity index (χ2v) is 5.59. The van der Waals surface area contributed by atoms with E-state index in [2.05, 4.69) is 26.1 Å². The van der Waals surface area contributed by atoms with Crippen molar-refractivity contribution >= 4 is 15.9 Å². The number of hydrogen-bond donors (Lipinski definition) is 1. The molecule has 1 aromatic heterocycles. The van der Waals surface area contributed by atoms with E-state index < -0.39 is 5.54 Å². The molecule has 1 saturated heterocycles. The summed E-state index contributed by atoms with van der Waals surface area (Å²) >= 11 is 3.43. The number of benzene rings is 1. The Kier molecular flexibility index (Phi) is 3.49. The third kappa shape index (κ3) is 2.32. The Hall–Kier alpha value is -1.44. The van der Waals surface area contributed by atoms with E-state index in [0.717, 1.165) is 15.8 Å². The zero-order valence-electron chi connectivity index (χ0n) is 10.9. The molecule has 0 saturated carbocycles. The van der Waals surface area contributed by atoms with Gasteiger partial charge in [-0.2, -0.15) is 4.98 Å². The topological polar surface area (TPSA) is 83.4 Å². The summed E-state index contributed by atoms with van der Waals surface area (Å²) in [5.41, 5.74) is 6.35. The SMILES string of the molecule is COc1ccc(-c2noc(C3(N)CCOC3)n2)cc1Br. The van der Waals surface area contributed by atoms with E-state index >= 15 is 0 Å². The van der Waals surface area contributed by atoms with Crippen LogP contribution in [0.15, 0.2) is 27.2 Å². The maximum absolute atomic E-state index is 6.20. The number of ether oxygens (including phenoxy) is 2. The molecule has 7 heteroatoms. The van der Waals surface area contributed by atoms with E-state index in [9.17, 15) is 0 Å². The van der Waals surface area contributed by atoms with Gasteiger partial charge in [0.25, 0.3) is 0 Å². The standard InChI is InChI=1S/C13H14BrN3O3/c1-18-10-3-2-8(6-9(10)14)11-16-12(20-17-11)13(15)4-5-19-7-13/h2-3,6H,4-5,7,15H2,1H3. The lowest BCUT2D eigenvalue weighted by Crippen LogP contribution is -2.37. The molecule has 0 aliphatic carbocycles. The van der Waals surface area contributed by atoms with Crippen LogP contribution in [0.25, 0.3) is 11.4 Å². The van der Waals surface area contributed by atoms with Gasteiger partial charge in [0.1, 0.15) is 11.3 Å². The summed E-state index contributed by atoms with van der Waals surface area (Å²) in [5, 5.41) is 3.99. The van der Waals surface area contributed by atoms with Crippen molar-refractivity contribution < 1.29 is 14.0 Å². The number of nitrogens with zero attached hydrogens (tertiary/aromatic N) is 2. The molecule has 1 aliphatic rings. The normalized spacial score (nSPS) is 22.1. The van der Waals surface area contributed by atoms with E-state index in [1.54, 1.807) is 7.11 Å². The zero-order valence-corrected chi connectivity index (χ0v) is 12.5. The fraction of sp³-hybridized carbons (Fsp3) is 0.385. The molecule has 106 valence electrons. The maximum atomic E-state index is 6.20. The third-order valence-corrected chi connectivity index (χ3v) is 3.93. The Labute approximate surface area is 124 Å². The number of methoxy groups -OCH3 is 1. The molecule has 2 aromatic rings. The first kappa shape index (κ1) is 13.5. The van der Waals surface area contributed by atoms with Crippen LogP contribution in [0.4, 0.5) is 0 Å². The van der Waals surface area contributed by atoms with E-state index in [0.29, 0.717) is 31.3 Å². The first-order valence-electron chi connectivity index (χ1n) is 6.17. The molecule has 1 unspecified atom stereocenters. The molecular formula is C13H14BrN3O3. The number of aromatic nitrogens is 2. The molecule has 3 rings (SSSR count). The van der Waals surface area contributed by atoms with Gasteiger partial charge in [-0.15, -0.1) is 0 Å². The van der Waals surface area contributed by atoms with E-state index in [4.69, 9.17) is 19.7 Å². The molecule has 2 N–H and O–H groups in total. The molecule has 1 fully saturated rings. The van der Waals surface area contributed by atoms with Crippen LogP contribution in [0.1, 0.15) is 12.3 Å². The lowest BCUT2D eigenvalue weighted by atomic mass is 10.0. The van der Waals surface area contributed by atoms with Gasteiger partial charge in [0.15, 0.2) is 0 Å². The fourth-order valence-corrected chi connectivity index (χ4v) is 2.64. The summed E-state index contributed by atoms with van der Waals surface area (Å²) in [6.45, 7) is 1.02. The summed E-state index contributed by atoms with van der Waals surface area (Å²) in [4.78, 5) is 4.39. The Balaban J connectivity index is 1.92. The van der Waals surface area contributed by atoms with Crippen molar-refractivity contribution in [3.8, 4) is 17.1 Å². The second kappa shape index (κ2) is 5.16. The Morgan fingerprint density at radius 1 is 1.45 bits per heavy atom. The average molecular weight is 340 g/mol. The van der Waals surface area contributed by atoms with Crippen LogP contribution in [0.5, 0.6) is 5.75 Å². The highest BCUT2D eigenvalue weighted by Gasteiger charge is 2.38. The van der Waals surface area contributed by atoms with Gasteiger partial charge in [-0.25, -0.2) is 0 Å². The summed E-state index contributed by atoms with van der Waals surface area (Å²) in [7, 11) is 1.62. The summed E-state index contributed by atoms with van der Waals surface area (Å²) in [6.07, 6.45) is 0.681. The van der Waals surface area contributed by atoms with Crippen molar-refractivity contribution in [2.45, 2.75) is 12.0 Å². The minimum absolute atomic E-state index is 0.404. The van der Waals surface area contributed by atoms with Crippen molar-refractivity contribution in [1.29, 1.82) is 0 Å². The highest BCUT2D eigenvalue weighted by Crippen LogP contribution is 2.31. The molecule has 0 spiro atoms. The highest BCUT2D eigenvalue weighted by atomic mass is 79.9. The molecule has 0 amide bonds. The van der Waals surface area contributed by atoms with Gasteiger partial charge in [-0.05, 0) is 40.5 Å². The van der Waals surface area contributed by atoms with Crippen molar-refractivity contribution in [3.05, 3.63) is 28.6 Å². The van der Waals surface area contributed by atoms with Crippen LogP contribution in [0.2, 0.25) is 0 Å². The van der Waals surface area contributed by atoms with E-state index in [1.165, 1.54) is 0 Å². The predicted molar refractivity (Wildman–Crippen MR) is 75.3 cm³/mol. The molecular weight excluding hydrogens is 326 g/mol. The van der Waals surface area contributed by atoms with Gasteiger partial charge >= 0.3 is 0 Å². The first-order chi connectivity index (χ1) is 9.62. The molecule has 1 aliphatic heterocycles. The van der Waals surface area contributed by atoms with Gasteiger partial charge < -0.3 is 19.7 Å². The minimum Gasteiger partial charge on any atom is -0.496 e. The van der Waals surface area contributed by atoms with Crippen LogP contribution in [0, 0.1) is 0 Å². The summed E-state index contributed by atoms with van der Waals surface area (Å²) < 4.78 is 16.6. The average Bonchev–Trinajstić information content (AvgIpc) is 3.08. The molecule has 1 aromatic carbocycles. The molecule has 0 bridgehead atoms. The van der Waals surface area contributed by atoms with Crippen molar-refractivity contribution in [2.75, 3.05) is 20.3 Å². The van der Waals surface area contributed by atoms with Gasteiger partial charge in [-0.3, -0.25) is 0 Å². The van der Waals surface area contributed by atoms with E-state index in [-0.39, 0.29) is 0 Å². The van der Waals surface area contributed by atoms with Gasteiger partial charge in [0.05, 0.1) is 18.2 Å². The Bertz CT molecular complexity index is 623. The molecule has 2 heterocycles. The monoisotopic (exact) mass is 339 g/mol. The van der Waals surface area contributed by atoms with Crippen molar-refractivity contribution in [1.82, 2.24) is 10.1 Å². The van der Waals surface area contributed by atoms with Gasteiger partial charge in [0, 0.05) is 12.2 Å². The fourth-order valence-electron chi connectivity index (χ4n) is 2.10. The largest absolute Gasteiger partial charge is 0.496 e. The molecule has 0 radical (unpaired) electrons. The smallest absolute Gasteiger partial charge is 0.249 e. The van der Waals surface area contributed by atoms with Crippen molar-refractivity contribution in [3.63, 3.8) is 0 Å². The molecule has 1 atom stereocenters. The maximum Gasteiger partial charge on any atom is 0.249 e. The van der Waals surface area contributed by atoms with Crippen LogP contribution in [-0.2, 0) is 10.3 Å². The predicted octanol–water partition coefficient (Wildman–Crippen LogP) is 2.08. The summed E-state index contributed by atoms with van der Waals surface area (Å²) in [6, 6.07) is 5.58. The quantitative estimate of drug-likeness (QED) is 0.921. The number of rotatable bonds is 3. The van der Waals surface area contributed by atoms with Crippen LogP contribution < -0.4 is 10.5 Å². The number of nitrogens with two attached hydrogens (primary N) is 1. The van der Waals surface area contributed by atoms with Gasteiger partial charge in [0.2, 0.25) is 11.7 Å². The van der Waals surface area contributed by atoms with Gasteiger partial charge in [-0.1, -0.05) is 5.16 Å².